The van der Waals surface area contributed by atoms with Crippen LogP contribution >= 0.6 is 11.3 Å². The smallest absolute Gasteiger partial charge is 0.262 e. The van der Waals surface area contributed by atoms with Gasteiger partial charge in [-0.25, -0.2) is 4.98 Å². The van der Waals surface area contributed by atoms with Gasteiger partial charge in [0.05, 0.1) is 11.7 Å². The van der Waals surface area contributed by atoms with Gasteiger partial charge in [0.15, 0.2) is 0 Å². The molecule has 0 radical (unpaired) electrons. The summed E-state index contributed by atoms with van der Waals surface area (Å²) < 4.78 is 1.37. The van der Waals surface area contributed by atoms with Gasteiger partial charge in [-0.15, -0.1) is 11.3 Å². The second-order valence-corrected chi connectivity index (χ2v) is 6.30. The van der Waals surface area contributed by atoms with Crippen molar-refractivity contribution in [1.29, 1.82) is 0 Å². The van der Waals surface area contributed by atoms with E-state index in [2.05, 4.69) is 10.3 Å². The molecule has 0 aliphatic heterocycles. The number of rotatable bonds is 3. The van der Waals surface area contributed by atoms with Crippen LogP contribution in [-0.4, -0.2) is 15.5 Å². The van der Waals surface area contributed by atoms with Gasteiger partial charge < -0.3 is 5.32 Å². The summed E-state index contributed by atoms with van der Waals surface area (Å²) in [7, 11) is 0. The molecule has 0 bridgehead atoms. The predicted molar refractivity (Wildman–Crippen MR) is 88.4 cm³/mol. The number of hydrogen-bond acceptors (Lipinski definition) is 4. The van der Waals surface area contributed by atoms with Crippen LogP contribution in [0.4, 0.5) is 5.69 Å². The third-order valence-corrected chi connectivity index (χ3v) is 4.40. The Bertz CT molecular complexity index is 883. The Kier molecular flexibility index (Phi) is 3.77. The monoisotopic (exact) mass is 313 g/mol. The lowest BCUT2D eigenvalue weighted by Crippen LogP contribution is -2.31. The molecule has 112 valence electrons. The zero-order chi connectivity index (χ0) is 15.7. The Morgan fingerprint density at radius 2 is 2.05 bits per heavy atom. The third-order valence-electron chi connectivity index (χ3n) is 3.44. The van der Waals surface area contributed by atoms with Crippen LogP contribution in [0.15, 0.2) is 47.5 Å². The first-order chi connectivity index (χ1) is 10.6. The molecule has 0 spiro atoms. The first kappa shape index (κ1) is 14.5. The van der Waals surface area contributed by atoms with Crippen molar-refractivity contribution < 1.29 is 4.79 Å². The first-order valence-electron chi connectivity index (χ1n) is 6.89. The number of para-hydroxylation sites is 1. The number of hydrogen-bond donors (Lipinski definition) is 1. The van der Waals surface area contributed by atoms with Gasteiger partial charge in [-0.3, -0.25) is 14.2 Å². The number of fused-ring (bicyclic) bond motifs is 1. The first-order valence-corrected chi connectivity index (χ1v) is 7.71. The third kappa shape index (κ3) is 2.65. The number of thiophene rings is 1. The minimum Gasteiger partial charge on any atom is -0.324 e. The summed E-state index contributed by atoms with van der Waals surface area (Å²) >= 11 is 1.47. The number of amides is 1. The van der Waals surface area contributed by atoms with Crippen LogP contribution in [0, 0.1) is 6.92 Å². The lowest BCUT2D eigenvalue weighted by Gasteiger charge is -2.14. The molecule has 1 N–H and O–H groups in total. The molecule has 0 saturated carbocycles. The summed E-state index contributed by atoms with van der Waals surface area (Å²) in [6.45, 7) is 3.62. The van der Waals surface area contributed by atoms with Crippen molar-refractivity contribution in [3.05, 3.63) is 58.0 Å². The molecule has 3 aromatic rings. The fourth-order valence-corrected chi connectivity index (χ4v) is 3.07. The van der Waals surface area contributed by atoms with E-state index >= 15 is 0 Å². The number of benzene rings is 1. The molecule has 0 unspecified atom stereocenters. The van der Waals surface area contributed by atoms with Crippen molar-refractivity contribution in [1.82, 2.24) is 9.55 Å². The molecule has 22 heavy (non-hydrogen) atoms. The highest BCUT2D eigenvalue weighted by atomic mass is 32.1. The number of anilines is 1. The SMILES string of the molecule is Cc1cc2c(=O)n([C@@H](C)C(=O)Nc3ccccc3)cnc2s1. The largest absolute Gasteiger partial charge is 0.324 e. The lowest BCUT2D eigenvalue weighted by atomic mass is 10.2. The number of aromatic nitrogens is 2. The van der Waals surface area contributed by atoms with Gasteiger partial charge in [0.25, 0.3) is 5.56 Å². The maximum Gasteiger partial charge on any atom is 0.262 e. The van der Waals surface area contributed by atoms with E-state index in [9.17, 15) is 9.59 Å². The fourth-order valence-electron chi connectivity index (χ4n) is 2.23. The summed E-state index contributed by atoms with van der Waals surface area (Å²) in [6.07, 6.45) is 1.44. The van der Waals surface area contributed by atoms with Crippen molar-refractivity contribution in [3.63, 3.8) is 0 Å². The van der Waals surface area contributed by atoms with Crippen molar-refractivity contribution in [2.75, 3.05) is 5.32 Å². The Morgan fingerprint density at radius 1 is 1.32 bits per heavy atom. The van der Waals surface area contributed by atoms with Gasteiger partial charge in [-0.2, -0.15) is 0 Å². The van der Waals surface area contributed by atoms with Crippen molar-refractivity contribution in [3.8, 4) is 0 Å². The molecule has 5 nitrogen and oxygen atoms in total. The average Bonchev–Trinajstić information content (AvgIpc) is 2.89. The van der Waals surface area contributed by atoms with E-state index < -0.39 is 6.04 Å². The van der Waals surface area contributed by atoms with Crippen LogP contribution in [-0.2, 0) is 4.79 Å². The van der Waals surface area contributed by atoms with Gasteiger partial charge in [0.2, 0.25) is 5.91 Å². The molecule has 2 aromatic heterocycles. The van der Waals surface area contributed by atoms with Crippen LogP contribution in [0.3, 0.4) is 0 Å². The molecule has 1 atom stereocenters. The van der Waals surface area contributed by atoms with Crippen LogP contribution in [0.25, 0.3) is 10.2 Å². The maximum absolute atomic E-state index is 12.5. The summed E-state index contributed by atoms with van der Waals surface area (Å²) in [5.41, 5.74) is 0.512. The number of carbonyl (C=O) groups is 1. The van der Waals surface area contributed by atoms with Crippen LogP contribution in [0.2, 0.25) is 0 Å². The minimum absolute atomic E-state index is 0.190. The number of carbonyl (C=O) groups excluding carboxylic acids is 1. The lowest BCUT2D eigenvalue weighted by molar-refractivity contribution is -0.118. The molecule has 1 aromatic carbocycles. The Hall–Kier alpha value is -2.47. The molecule has 0 aliphatic rings. The van der Waals surface area contributed by atoms with E-state index in [4.69, 9.17) is 0 Å². The maximum atomic E-state index is 12.5. The molecule has 1 amide bonds. The van der Waals surface area contributed by atoms with E-state index in [1.54, 1.807) is 19.1 Å². The highest BCUT2D eigenvalue weighted by molar-refractivity contribution is 7.18. The van der Waals surface area contributed by atoms with Crippen molar-refractivity contribution >= 4 is 33.1 Å². The van der Waals surface area contributed by atoms with E-state index in [1.165, 1.54) is 22.2 Å². The molecule has 0 fully saturated rings. The summed E-state index contributed by atoms with van der Waals surface area (Å²) in [5, 5.41) is 3.36. The number of nitrogens with zero attached hydrogens (tertiary/aromatic N) is 2. The van der Waals surface area contributed by atoms with Gasteiger partial charge in [0.1, 0.15) is 10.9 Å². The average molecular weight is 313 g/mol. The van der Waals surface area contributed by atoms with E-state index in [1.807, 2.05) is 31.2 Å². The predicted octanol–water partition coefficient (Wildman–Crippen LogP) is 2.97. The van der Waals surface area contributed by atoms with E-state index in [0.29, 0.717) is 15.9 Å². The zero-order valence-electron chi connectivity index (χ0n) is 12.2. The Balaban J connectivity index is 1.91. The normalized spacial score (nSPS) is 12.3. The second kappa shape index (κ2) is 5.73. The summed E-state index contributed by atoms with van der Waals surface area (Å²) in [6, 6.07) is 10.3. The van der Waals surface area contributed by atoms with Gasteiger partial charge in [0, 0.05) is 10.6 Å². The second-order valence-electron chi connectivity index (χ2n) is 5.06. The number of nitrogens with one attached hydrogen (secondary N) is 1. The highest BCUT2D eigenvalue weighted by Crippen LogP contribution is 2.20. The minimum atomic E-state index is -0.634. The molecule has 6 heteroatoms. The van der Waals surface area contributed by atoms with Crippen molar-refractivity contribution in [2.24, 2.45) is 0 Å². The molecule has 0 saturated heterocycles. The molecular weight excluding hydrogens is 298 g/mol. The van der Waals surface area contributed by atoms with Gasteiger partial charge in [-0.1, -0.05) is 18.2 Å². The molecule has 2 heterocycles. The standard InChI is InChI=1S/C16H15N3O2S/c1-10-8-13-15(22-10)17-9-19(16(13)21)11(2)14(20)18-12-6-4-3-5-7-12/h3-9,11H,1-2H3,(H,18,20)/t11-/m0/s1. The number of aryl methyl sites for hydroxylation is 1. The van der Waals surface area contributed by atoms with E-state index in [0.717, 1.165) is 4.88 Å². The van der Waals surface area contributed by atoms with Crippen LogP contribution in [0.5, 0.6) is 0 Å². The van der Waals surface area contributed by atoms with Crippen LogP contribution in [0.1, 0.15) is 17.8 Å². The topological polar surface area (TPSA) is 64.0 Å². The van der Waals surface area contributed by atoms with E-state index in [-0.39, 0.29) is 11.5 Å². The summed E-state index contributed by atoms with van der Waals surface area (Å²) in [5.74, 6) is -0.249. The van der Waals surface area contributed by atoms with Crippen LogP contribution < -0.4 is 10.9 Å². The molecule has 0 aliphatic carbocycles. The Morgan fingerprint density at radius 3 is 2.77 bits per heavy atom. The highest BCUT2D eigenvalue weighted by Gasteiger charge is 2.18. The van der Waals surface area contributed by atoms with Gasteiger partial charge >= 0.3 is 0 Å². The van der Waals surface area contributed by atoms with Crippen molar-refractivity contribution in [2.45, 2.75) is 19.9 Å². The fraction of sp³-hybridized carbons (Fsp3) is 0.188. The van der Waals surface area contributed by atoms with Gasteiger partial charge in [-0.05, 0) is 32.0 Å². The summed E-state index contributed by atoms with van der Waals surface area (Å²) in [4.78, 5) is 30.8. The molecular formula is C16H15N3O2S. The zero-order valence-corrected chi connectivity index (χ0v) is 13.1. The Labute approximate surface area is 131 Å². The molecule has 3 rings (SSSR count). The quantitative estimate of drug-likeness (QED) is 0.808.